The first-order valence-corrected chi connectivity index (χ1v) is 2.21. The molecule has 0 rings (SSSR count). The molecule has 15 heteroatoms. The van der Waals surface area contributed by atoms with E-state index in [0.29, 0.717) is 0 Å². The molecule has 0 saturated heterocycles. The fourth-order valence-corrected chi connectivity index (χ4v) is 0. The summed E-state index contributed by atoms with van der Waals surface area (Å²) in [4.78, 5) is 36.4. The van der Waals surface area contributed by atoms with Gasteiger partial charge in [-0.25, -0.2) is 19.2 Å². The van der Waals surface area contributed by atoms with Gasteiger partial charge in [-0.1, -0.05) is 0 Å². The first kappa shape index (κ1) is 61.9. The normalized spacial score (nSPS) is 4.63. The van der Waals surface area contributed by atoms with Gasteiger partial charge in [-0.3, -0.25) is 0 Å². The third-order valence-corrected chi connectivity index (χ3v) is 0.366. The summed E-state index contributed by atoms with van der Waals surface area (Å²) in [5.74, 6) is -7.30. The standard InChI is InChI=1S/2C2H2O4.Cr.K.5H2O/c2*3-1(4)2(5)6;;;;;;;/h2*(H,3,4)(H,5,6);;;5*1H2/q;;;+1;;;;;/p+2. The minimum absolute atomic E-state index is 0. The molecule has 0 aliphatic rings. The van der Waals surface area contributed by atoms with E-state index in [1.807, 2.05) is 0 Å². The Balaban J connectivity index is -0.0000000110. The zero-order valence-electron chi connectivity index (χ0n) is 9.48. The molecular formula is C4H16CrKO13+3. The minimum Gasteiger partial charge on any atom is -0.473 e. The van der Waals surface area contributed by atoms with E-state index in [1.165, 1.54) is 0 Å². The van der Waals surface area contributed by atoms with Crippen LogP contribution >= 0.6 is 0 Å². The van der Waals surface area contributed by atoms with Gasteiger partial charge >= 0.3 is 75.3 Å². The molecule has 0 atom stereocenters. The molecule has 13 nitrogen and oxygen atoms in total. The van der Waals surface area contributed by atoms with Crippen molar-refractivity contribution >= 4 is 23.9 Å². The van der Waals surface area contributed by atoms with E-state index >= 15 is 0 Å². The van der Waals surface area contributed by atoms with Crippen LogP contribution in [0.25, 0.3) is 0 Å². The zero-order chi connectivity index (χ0) is 10.3. The predicted octanol–water partition coefficient (Wildman–Crippen LogP) is -9.01. The van der Waals surface area contributed by atoms with Gasteiger partial charge in [0.05, 0.1) is 0 Å². The van der Waals surface area contributed by atoms with Crippen molar-refractivity contribution in [1.29, 1.82) is 0 Å². The molecule has 0 fully saturated rings. The number of carbonyl (C=O) groups is 4. The van der Waals surface area contributed by atoms with Crippen LogP contribution in [0, 0.1) is 0 Å². The average Bonchev–Trinajstić information content (AvgIpc) is 1.88. The van der Waals surface area contributed by atoms with Crippen molar-refractivity contribution in [2.24, 2.45) is 0 Å². The Kier molecular flexibility index (Phi) is 118. The molecule has 0 saturated carbocycles. The fraction of sp³-hybridized carbons (Fsp3) is 0. The van der Waals surface area contributed by atoms with Gasteiger partial charge in [0, 0.05) is 17.4 Å². The number of rotatable bonds is 0. The van der Waals surface area contributed by atoms with Crippen molar-refractivity contribution in [2.75, 3.05) is 0 Å². The van der Waals surface area contributed by atoms with Crippen molar-refractivity contribution in [3.8, 4) is 0 Å². The number of carboxylic acid groups (broad SMARTS) is 4. The van der Waals surface area contributed by atoms with Crippen molar-refractivity contribution in [2.45, 2.75) is 0 Å². The third kappa shape index (κ3) is 72.8. The monoisotopic (exact) mass is 363 g/mol. The molecule has 0 spiro atoms. The van der Waals surface area contributed by atoms with Crippen molar-refractivity contribution < 1.29 is 136 Å². The summed E-state index contributed by atoms with van der Waals surface area (Å²) in [5, 5.41) is 29.6. The van der Waals surface area contributed by atoms with Crippen LogP contribution in [-0.2, 0) is 47.5 Å². The molecule has 0 radical (unpaired) electrons. The maximum atomic E-state index is 9.10. The Morgan fingerprint density at radius 3 is 0.579 bits per heavy atom. The molecule has 0 unspecified atom stereocenters. The van der Waals surface area contributed by atoms with Crippen LogP contribution in [0.4, 0.5) is 0 Å². The van der Waals surface area contributed by atoms with E-state index in [9.17, 15) is 0 Å². The molecule has 0 bridgehead atoms. The largest absolute Gasteiger partial charge is 1.00 e. The second kappa shape index (κ2) is 36.1. The average molecular weight is 363 g/mol. The zero-order valence-corrected chi connectivity index (χ0v) is 13.9. The number of aliphatic carboxylic acids is 4. The SMILES string of the molecule is O.O.O.O=C(O)C(=O)O.O=C(O)C(=O)O.[Cr].[K+].[OH3+].[OH3+]. The minimum atomic E-state index is -1.82. The topological polar surface area (TPSA) is 310 Å². The van der Waals surface area contributed by atoms with Gasteiger partial charge in [-0.2, -0.15) is 0 Å². The Morgan fingerprint density at radius 2 is 0.579 bits per heavy atom. The first-order chi connectivity index (χ1) is 5.29. The Morgan fingerprint density at radius 1 is 0.526 bits per heavy atom. The second-order valence-corrected chi connectivity index (χ2v) is 1.22. The van der Waals surface area contributed by atoms with Crippen LogP contribution in [-0.4, -0.2) is 60.7 Å². The Labute approximate surface area is 158 Å². The van der Waals surface area contributed by atoms with Crippen LogP contribution in [0.1, 0.15) is 0 Å². The molecule has 0 amide bonds. The van der Waals surface area contributed by atoms with E-state index in [0.717, 1.165) is 0 Å². The van der Waals surface area contributed by atoms with Gasteiger partial charge in [-0.05, 0) is 0 Å². The van der Waals surface area contributed by atoms with Gasteiger partial charge in [0.2, 0.25) is 0 Å². The number of carboxylic acids is 4. The molecule has 114 valence electrons. The molecule has 16 N–H and O–H groups in total. The number of hydrogen-bond donors (Lipinski definition) is 4. The molecule has 0 aliphatic heterocycles. The van der Waals surface area contributed by atoms with Gasteiger partial charge in [0.1, 0.15) is 0 Å². The molecule has 19 heavy (non-hydrogen) atoms. The van der Waals surface area contributed by atoms with Crippen LogP contribution in [0.2, 0.25) is 0 Å². The molecule has 0 aromatic carbocycles. The van der Waals surface area contributed by atoms with Crippen LogP contribution in [0.15, 0.2) is 0 Å². The molecule has 0 aromatic rings. The third-order valence-electron chi connectivity index (χ3n) is 0.366. The molecular weight excluding hydrogens is 347 g/mol. The summed E-state index contributed by atoms with van der Waals surface area (Å²) in [6.07, 6.45) is 0. The molecule has 0 aliphatic carbocycles. The molecule has 0 aromatic heterocycles. The van der Waals surface area contributed by atoms with E-state index < -0.39 is 23.9 Å². The van der Waals surface area contributed by atoms with Crippen molar-refractivity contribution in [1.82, 2.24) is 0 Å². The smallest absolute Gasteiger partial charge is 0.473 e. The maximum absolute atomic E-state index is 9.10. The van der Waals surface area contributed by atoms with Gasteiger partial charge in [0.25, 0.3) is 0 Å². The van der Waals surface area contributed by atoms with Crippen molar-refractivity contribution in [3.05, 3.63) is 0 Å². The summed E-state index contributed by atoms with van der Waals surface area (Å²) in [6.45, 7) is 0. The summed E-state index contributed by atoms with van der Waals surface area (Å²) in [7, 11) is 0. The predicted molar refractivity (Wildman–Crippen MR) is 51.1 cm³/mol. The second-order valence-electron chi connectivity index (χ2n) is 1.22. The fourth-order valence-electron chi connectivity index (χ4n) is 0. The number of hydrogen-bond acceptors (Lipinski definition) is 4. The Bertz CT molecular complexity index is 181. The van der Waals surface area contributed by atoms with E-state index in [-0.39, 0.29) is 96.1 Å². The van der Waals surface area contributed by atoms with Crippen LogP contribution < -0.4 is 51.4 Å². The maximum Gasteiger partial charge on any atom is 1.00 e. The van der Waals surface area contributed by atoms with E-state index in [2.05, 4.69) is 0 Å². The van der Waals surface area contributed by atoms with Crippen LogP contribution in [0.3, 0.4) is 0 Å². The van der Waals surface area contributed by atoms with Gasteiger partial charge in [-0.15, -0.1) is 0 Å². The summed E-state index contributed by atoms with van der Waals surface area (Å²) >= 11 is 0. The van der Waals surface area contributed by atoms with E-state index in [4.69, 9.17) is 39.6 Å². The van der Waals surface area contributed by atoms with E-state index in [1.54, 1.807) is 0 Å². The quantitative estimate of drug-likeness (QED) is 0.181. The first-order valence-electron chi connectivity index (χ1n) is 2.21. The van der Waals surface area contributed by atoms with Crippen molar-refractivity contribution in [3.63, 3.8) is 0 Å². The Hall–Kier alpha value is -0.151. The summed E-state index contributed by atoms with van der Waals surface area (Å²) in [6, 6.07) is 0. The van der Waals surface area contributed by atoms with Gasteiger partial charge < -0.3 is 47.8 Å². The molecule has 0 heterocycles. The van der Waals surface area contributed by atoms with Crippen LogP contribution in [0.5, 0.6) is 0 Å². The van der Waals surface area contributed by atoms with Gasteiger partial charge in [0.15, 0.2) is 0 Å². The summed E-state index contributed by atoms with van der Waals surface area (Å²) in [5.41, 5.74) is 0. The summed E-state index contributed by atoms with van der Waals surface area (Å²) < 4.78 is 0.